The van der Waals surface area contributed by atoms with Crippen molar-refractivity contribution in [3.63, 3.8) is 0 Å². The third-order valence-electron chi connectivity index (χ3n) is 2.85. The van der Waals surface area contributed by atoms with Crippen LogP contribution in [0.5, 0.6) is 0 Å². The first-order valence-electron chi connectivity index (χ1n) is 5.66. The van der Waals surface area contributed by atoms with Crippen molar-refractivity contribution in [1.82, 2.24) is 4.98 Å². The van der Waals surface area contributed by atoms with Gasteiger partial charge < -0.3 is 0 Å². The second kappa shape index (κ2) is 4.70. The molecule has 3 rings (SSSR count). The van der Waals surface area contributed by atoms with Crippen LogP contribution >= 0.6 is 15.9 Å². The molecule has 19 heavy (non-hydrogen) atoms. The van der Waals surface area contributed by atoms with Gasteiger partial charge in [0.2, 0.25) is 0 Å². The molecule has 0 spiro atoms. The molecule has 0 amide bonds. The van der Waals surface area contributed by atoms with Crippen molar-refractivity contribution in [2.24, 2.45) is 0 Å². The van der Waals surface area contributed by atoms with E-state index in [0.717, 1.165) is 11.6 Å². The van der Waals surface area contributed by atoms with Crippen LogP contribution in [0.3, 0.4) is 0 Å². The van der Waals surface area contributed by atoms with E-state index in [9.17, 15) is 8.78 Å². The van der Waals surface area contributed by atoms with Crippen LogP contribution in [0, 0.1) is 11.6 Å². The zero-order chi connectivity index (χ0) is 13.4. The fraction of sp³-hybridized carbons (Fsp3) is 0. The summed E-state index contributed by atoms with van der Waals surface area (Å²) >= 11 is 3.32. The predicted molar refractivity (Wildman–Crippen MR) is 74.8 cm³/mol. The summed E-state index contributed by atoms with van der Waals surface area (Å²) in [6.07, 6.45) is 0. The highest BCUT2D eigenvalue weighted by Gasteiger charge is 2.11. The Morgan fingerprint density at radius 3 is 2.42 bits per heavy atom. The topological polar surface area (TPSA) is 12.9 Å². The molecule has 0 aliphatic carbocycles. The van der Waals surface area contributed by atoms with E-state index < -0.39 is 11.6 Å². The standard InChI is InChI=1S/C15H8BrF2N/c16-11-8-13(9-4-2-1-3-5-9)19-14-7-10(17)6-12(18)15(11)14/h1-8H. The summed E-state index contributed by atoms with van der Waals surface area (Å²) in [7, 11) is 0. The summed E-state index contributed by atoms with van der Waals surface area (Å²) in [5, 5.41) is 0.293. The lowest BCUT2D eigenvalue weighted by atomic mass is 10.1. The second-order valence-corrected chi connectivity index (χ2v) is 4.99. The SMILES string of the molecule is Fc1cc(F)c2c(Br)cc(-c3ccccc3)nc2c1. The van der Waals surface area contributed by atoms with Crippen molar-refractivity contribution in [1.29, 1.82) is 0 Å². The third kappa shape index (κ3) is 2.24. The monoisotopic (exact) mass is 319 g/mol. The van der Waals surface area contributed by atoms with E-state index in [-0.39, 0.29) is 0 Å². The van der Waals surface area contributed by atoms with E-state index in [1.807, 2.05) is 30.3 Å². The molecular weight excluding hydrogens is 312 g/mol. The number of hydrogen-bond donors (Lipinski definition) is 0. The first-order chi connectivity index (χ1) is 9.15. The van der Waals surface area contributed by atoms with Crippen LogP contribution in [-0.4, -0.2) is 4.98 Å². The molecule has 0 aliphatic heterocycles. The predicted octanol–water partition coefficient (Wildman–Crippen LogP) is 4.94. The van der Waals surface area contributed by atoms with Gasteiger partial charge in [0, 0.05) is 22.2 Å². The lowest BCUT2D eigenvalue weighted by Crippen LogP contribution is -1.91. The molecule has 0 saturated heterocycles. The van der Waals surface area contributed by atoms with E-state index in [1.165, 1.54) is 6.07 Å². The Morgan fingerprint density at radius 2 is 1.68 bits per heavy atom. The van der Waals surface area contributed by atoms with Gasteiger partial charge in [-0.3, -0.25) is 0 Å². The zero-order valence-corrected chi connectivity index (χ0v) is 11.3. The Kier molecular flexibility index (Phi) is 3.03. The average Bonchev–Trinajstić information content (AvgIpc) is 2.38. The van der Waals surface area contributed by atoms with Gasteiger partial charge in [0.15, 0.2) is 0 Å². The highest BCUT2D eigenvalue weighted by atomic mass is 79.9. The van der Waals surface area contributed by atoms with E-state index in [4.69, 9.17) is 0 Å². The fourth-order valence-electron chi connectivity index (χ4n) is 2.00. The van der Waals surface area contributed by atoms with E-state index in [2.05, 4.69) is 20.9 Å². The van der Waals surface area contributed by atoms with Crippen LogP contribution in [0.4, 0.5) is 8.78 Å². The van der Waals surface area contributed by atoms with Gasteiger partial charge in [0.1, 0.15) is 11.6 Å². The maximum absolute atomic E-state index is 13.7. The normalized spacial score (nSPS) is 10.9. The molecule has 94 valence electrons. The van der Waals surface area contributed by atoms with E-state index >= 15 is 0 Å². The summed E-state index contributed by atoms with van der Waals surface area (Å²) < 4.78 is 27.6. The number of nitrogens with zero attached hydrogens (tertiary/aromatic N) is 1. The van der Waals surface area contributed by atoms with Crippen LogP contribution in [0.1, 0.15) is 0 Å². The Morgan fingerprint density at radius 1 is 0.947 bits per heavy atom. The number of hydrogen-bond acceptors (Lipinski definition) is 1. The maximum atomic E-state index is 13.7. The van der Waals surface area contributed by atoms with Gasteiger partial charge in [-0.25, -0.2) is 13.8 Å². The highest BCUT2D eigenvalue weighted by Crippen LogP contribution is 2.30. The summed E-state index contributed by atoms with van der Waals surface area (Å²) in [5.41, 5.74) is 1.87. The quantitative estimate of drug-likeness (QED) is 0.619. The molecule has 0 radical (unpaired) electrons. The molecule has 0 unspecified atom stereocenters. The van der Waals surface area contributed by atoms with E-state index in [1.54, 1.807) is 6.07 Å². The highest BCUT2D eigenvalue weighted by molar-refractivity contribution is 9.10. The Labute approximate surface area is 117 Å². The first kappa shape index (κ1) is 12.2. The number of rotatable bonds is 1. The average molecular weight is 320 g/mol. The van der Waals surface area contributed by atoms with Gasteiger partial charge in [0.05, 0.1) is 16.6 Å². The molecule has 0 aliphatic rings. The van der Waals surface area contributed by atoms with E-state index in [0.29, 0.717) is 21.1 Å². The number of halogens is 3. The summed E-state index contributed by atoms with van der Waals surface area (Å²) in [4.78, 5) is 4.32. The number of pyridine rings is 1. The molecule has 3 aromatic rings. The van der Waals surface area contributed by atoms with Crippen LogP contribution in [0.15, 0.2) is 53.0 Å². The molecule has 0 atom stereocenters. The maximum Gasteiger partial charge on any atom is 0.136 e. The largest absolute Gasteiger partial charge is 0.247 e. The molecule has 0 saturated carbocycles. The lowest BCUT2D eigenvalue weighted by Gasteiger charge is -2.07. The van der Waals surface area contributed by atoms with Crippen molar-refractivity contribution >= 4 is 26.8 Å². The van der Waals surface area contributed by atoms with Crippen molar-refractivity contribution < 1.29 is 8.78 Å². The fourth-order valence-corrected chi connectivity index (χ4v) is 2.61. The summed E-state index contributed by atoms with van der Waals surface area (Å²) in [6, 6.07) is 13.3. The molecule has 0 N–H and O–H groups in total. The summed E-state index contributed by atoms with van der Waals surface area (Å²) in [5.74, 6) is -1.25. The van der Waals surface area contributed by atoms with Crippen LogP contribution in [0.2, 0.25) is 0 Å². The van der Waals surface area contributed by atoms with Crippen molar-refractivity contribution in [2.45, 2.75) is 0 Å². The first-order valence-corrected chi connectivity index (χ1v) is 6.45. The smallest absolute Gasteiger partial charge is 0.136 e. The molecule has 1 aromatic heterocycles. The minimum absolute atomic E-state index is 0.293. The number of fused-ring (bicyclic) bond motifs is 1. The Balaban J connectivity index is 2.31. The molecule has 0 fully saturated rings. The zero-order valence-electron chi connectivity index (χ0n) is 9.70. The minimum atomic E-state index is -0.630. The summed E-state index contributed by atoms with van der Waals surface area (Å²) in [6.45, 7) is 0. The van der Waals surface area contributed by atoms with Gasteiger partial charge in [0.25, 0.3) is 0 Å². The van der Waals surface area contributed by atoms with Gasteiger partial charge in [-0.2, -0.15) is 0 Å². The van der Waals surface area contributed by atoms with Crippen LogP contribution in [0.25, 0.3) is 22.2 Å². The van der Waals surface area contributed by atoms with Gasteiger partial charge in [-0.1, -0.05) is 30.3 Å². The lowest BCUT2D eigenvalue weighted by molar-refractivity contribution is 0.591. The molecule has 0 bridgehead atoms. The van der Waals surface area contributed by atoms with Crippen LogP contribution < -0.4 is 0 Å². The van der Waals surface area contributed by atoms with Crippen LogP contribution in [-0.2, 0) is 0 Å². The van der Waals surface area contributed by atoms with Crippen molar-refractivity contribution in [3.05, 3.63) is 64.6 Å². The van der Waals surface area contributed by atoms with Gasteiger partial charge in [-0.05, 0) is 22.0 Å². The van der Waals surface area contributed by atoms with Crippen molar-refractivity contribution in [3.8, 4) is 11.3 Å². The second-order valence-electron chi connectivity index (χ2n) is 4.14. The van der Waals surface area contributed by atoms with Crippen molar-refractivity contribution in [2.75, 3.05) is 0 Å². The molecule has 1 heterocycles. The Hall–Kier alpha value is -1.81. The molecule has 1 nitrogen and oxygen atoms in total. The molecule has 2 aromatic carbocycles. The van der Waals surface area contributed by atoms with Gasteiger partial charge in [-0.15, -0.1) is 0 Å². The third-order valence-corrected chi connectivity index (χ3v) is 3.47. The minimum Gasteiger partial charge on any atom is -0.247 e. The number of aromatic nitrogens is 1. The van der Waals surface area contributed by atoms with Gasteiger partial charge >= 0.3 is 0 Å². The molecule has 4 heteroatoms. The Bertz CT molecular complexity index is 757. The number of benzene rings is 2. The molecular formula is C15H8BrF2N.